The van der Waals surface area contributed by atoms with Gasteiger partial charge in [-0.05, 0) is 75.5 Å². The monoisotopic (exact) mass is 257 g/mol. The summed E-state index contributed by atoms with van der Waals surface area (Å²) in [6.45, 7) is 3.76. The number of hydrogen-bond acceptors (Lipinski definition) is 1. The minimum absolute atomic E-state index is 0.245. The summed E-state index contributed by atoms with van der Waals surface area (Å²) in [7, 11) is 0. The lowest BCUT2D eigenvalue weighted by Crippen LogP contribution is -2.57. The standard InChI is InChI=1S/C15H25F2N/c1-9(14(16)17)18-10(2)15-6-11-3-12(7-15)5-13(4-11)8-15/h9-14,18H,3-8H2,1-2H3. The molecule has 0 aromatic heterocycles. The zero-order chi connectivity index (χ0) is 12.9. The third-order valence-corrected chi connectivity index (χ3v) is 5.90. The lowest BCUT2D eigenvalue weighted by molar-refractivity contribution is -0.0750. The molecule has 1 nitrogen and oxygen atoms in total. The molecule has 18 heavy (non-hydrogen) atoms. The van der Waals surface area contributed by atoms with Crippen molar-refractivity contribution in [3.05, 3.63) is 0 Å². The molecule has 4 rings (SSSR count). The van der Waals surface area contributed by atoms with E-state index in [2.05, 4.69) is 12.2 Å². The molecular weight excluding hydrogens is 232 g/mol. The molecule has 4 saturated carbocycles. The first-order valence-electron chi connectivity index (χ1n) is 7.53. The van der Waals surface area contributed by atoms with Crippen LogP contribution in [0.1, 0.15) is 52.4 Å². The van der Waals surface area contributed by atoms with Gasteiger partial charge < -0.3 is 5.32 Å². The van der Waals surface area contributed by atoms with Crippen LogP contribution in [0.5, 0.6) is 0 Å². The highest BCUT2D eigenvalue weighted by Gasteiger charge is 2.53. The van der Waals surface area contributed by atoms with E-state index in [1.807, 2.05) is 0 Å². The van der Waals surface area contributed by atoms with E-state index in [0.29, 0.717) is 5.41 Å². The van der Waals surface area contributed by atoms with Crippen LogP contribution in [0.4, 0.5) is 8.78 Å². The van der Waals surface area contributed by atoms with E-state index in [-0.39, 0.29) is 6.04 Å². The highest BCUT2D eigenvalue weighted by Crippen LogP contribution is 2.61. The molecular formula is C15H25F2N. The summed E-state index contributed by atoms with van der Waals surface area (Å²) in [5.74, 6) is 2.67. The van der Waals surface area contributed by atoms with Gasteiger partial charge in [0.15, 0.2) is 0 Å². The lowest BCUT2D eigenvalue weighted by atomic mass is 9.48. The molecule has 0 aliphatic heterocycles. The number of hydrogen-bond donors (Lipinski definition) is 1. The van der Waals surface area contributed by atoms with Gasteiger partial charge >= 0.3 is 0 Å². The van der Waals surface area contributed by atoms with Crippen molar-refractivity contribution in [2.75, 3.05) is 0 Å². The first-order valence-corrected chi connectivity index (χ1v) is 7.53. The highest BCUT2D eigenvalue weighted by atomic mass is 19.3. The molecule has 0 heterocycles. The quantitative estimate of drug-likeness (QED) is 0.807. The van der Waals surface area contributed by atoms with Crippen LogP contribution < -0.4 is 5.32 Å². The summed E-state index contributed by atoms with van der Waals surface area (Å²) in [6, 6.07) is -0.428. The fourth-order valence-electron chi connectivity index (χ4n) is 5.35. The maximum Gasteiger partial charge on any atom is 0.253 e. The Bertz CT molecular complexity index is 280. The number of rotatable bonds is 4. The molecule has 2 atom stereocenters. The molecule has 0 saturated heterocycles. The van der Waals surface area contributed by atoms with Crippen LogP contribution in [-0.2, 0) is 0 Å². The Morgan fingerprint density at radius 2 is 1.39 bits per heavy atom. The van der Waals surface area contributed by atoms with Crippen LogP contribution in [-0.4, -0.2) is 18.5 Å². The van der Waals surface area contributed by atoms with Crippen LogP contribution in [0.25, 0.3) is 0 Å². The van der Waals surface area contributed by atoms with Crippen molar-refractivity contribution in [2.45, 2.75) is 70.9 Å². The van der Waals surface area contributed by atoms with E-state index in [9.17, 15) is 8.78 Å². The third kappa shape index (κ3) is 2.09. The number of alkyl halides is 2. The molecule has 0 amide bonds. The second-order valence-corrected chi connectivity index (χ2v) is 7.29. The van der Waals surface area contributed by atoms with Gasteiger partial charge in [-0.1, -0.05) is 0 Å². The van der Waals surface area contributed by atoms with Gasteiger partial charge in [0.25, 0.3) is 6.43 Å². The van der Waals surface area contributed by atoms with E-state index in [1.165, 1.54) is 38.5 Å². The Kier molecular flexibility index (Phi) is 3.16. The van der Waals surface area contributed by atoms with Gasteiger partial charge in [0, 0.05) is 6.04 Å². The van der Waals surface area contributed by atoms with Crippen molar-refractivity contribution in [3.8, 4) is 0 Å². The van der Waals surface area contributed by atoms with Crippen molar-refractivity contribution < 1.29 is 8.78 Å². The van der Waals surface area contributed by atoms with Gasteiger partial charge in [0.2, 0.25) is 0 Å². The Morgan fingerprint density at radius 1 is 0.944 bits per heavy atom. The minimum atomic E-state index is -2.25. The molecule has 0 aromatic carbocycles. The average molecular weight is 257 g/mol. The number of nitrogens with one attached hydrogen (secondary N) is 1. The fourth-order valence-corrected chi connectivity index (χ4v) is 5.35. The molecule has 0 aromatic rings. The van der Waals surface area contributed by atoms with Crippen LogP contribution in [0.3, 0.4) is 0 Å². The molecule has 1 N–H and O–H groups in total. The lowest BCUT2D eigenvalue weighted by Gasteiger charge is -2.59. The van der Waals surface area contributed by atoms with Gasteiger partial charge in [-0.3, -0.25) is 0 Å². The van der Waals surface area contributed by atoms with E-state index in [4.69, 9.17) is 0 Å². The zero-order valence-corrected chi connectivity index (χ0v) is 11.5. The Balaban J connectivity index is 1.71. The van der Waals surface area contributed by atoms with Crippen LogP contribution in [0.15, 0.2) is 0 Å². The smallest absolute Gasteiger partial charge is 0.253 e. The predicted octanol–water partition coefficient (Wildman–Crippen LogP) is 3.83. The van der Waals surface area contributed by atoms with Gasteiger partial charge in [-0.25, -0.2) is 8.78 Å². The highest BCUT2D eigenvalue weighted by molar-refractivity contribution is 5.05. The summed E-state index contributed by atoms with van der Waals surface area (Å²) >= 11 is 0. The molecule has 4 bridgehead atoms. The minimum Gasteiger partial charge on any atom is -0.306 e. The molecule has 4 aliphatic rings. The maximum atomic E-state index is 12.7. The first kappa shape index (κ1) is 12.8. The second-order valence-electron chi connectivity index (χ2n) is 7.29. The van der Waals surface area contributed by atoms with E-state index in [0.717, 1.165) is 17.8 Å². The predicted molar refractivity (Wildman–Crippen MR) is 68.7 cm³/mol. The van der Waals surface area contributed by atoms with Gasteiger partial charge in [0.05, 0.1) is 6.04 Å². The Labute approximate surface area is 109 Å². The van der Waals surface area contributed by atoms with Gasteiger partial charge in [-0.2, -0.15) is 0 Å². The van der Waals surface area contributed by atoms with Crippen molar-refractivity contribution in [1.29, 1.82) is 0 Å². The third-order valence-electron chi connectivity index (χ3n) is 5.90. The van der Waals surface area contributed by atoms with E-state index < -0.39 is 12.5 Å². The molecule has 0 spiro atoms. The van der Waals surface area contributed by atoms with E-state index >= 15 is 0 Å². The van der Waals surface area contributed by atoms with Crippen molar-refractivity contribution in [2.24, 2.45) is 23.2 Å². The fraction of sp³-hybridized carbons (Fsp3) is 1.00. The summed E-state index contributed by atoms with van der Waals surface area (Å²) < 4.78 is 25.4. The Hall–Kier alpha value is -0.180. The molecule has 3 heteroatoms. The van der Waals surface area contributed by atoms with Gasteiger partial charge in [-0.15, -0.1) is 0 Å². The van der Waals surface area contributed by atoms with E-state index in [1.54, 1.807) is 6.92 Å². The van der Waals surface area contributed by atoms with Crippen molar-refractivity contribution >= 4 is 0 Å². The summed E-state index contributed by atoms with van der Waals surface area (Å²) in [6.07, 6.45) is 5.83. The first-order chi connectivity index (χ1) is 8.48. The van der Waals surface area contributed by atoms with Crippen molar-refractivity contribution in [3.63, 3.8) is 0 Å². The van der Waals surface area contributed by atoms with Crippen molar-refractivity contribution in [1.82, 2.24) is 5.32 Å². The maximum absolute atomic E-state index is 12.7. The normalized spacial score (nSPS) is 45.5. The summed E-state index contributed by atoms with van der Waals surface area (Å²) in [4.78, 5) is 0. The topological polar surface area (TPSA) is 12.0 Å². The SMILES string of the molecule is CC(NC(C)C12CC3CC(CC(C3)C1)C2)C(F)F. The molecule has 4 aliphatic carbocycles. The average Bonchev–Trinajstić information content (AvgIpc) is 2.26. The number of halogens is 2. The van der Waals surface area contributed by atoms with Crippen LogP contribution in [0, 0.1) is 23.2 Å². The van der Waals surface area contributed by atoms with Crippen LogP contribution >= 0.6 is 0 Å². The molecule has 0 radical (unpaired) electrons. The summed E-state index contributed by atoms with van der Waals surface area (Å²) in [5, 5.41) is 3.19. The van der Waals surface area contributed by atoms with Gasteiger partial charge in [0.1, 0.15) is 0 Å². The zero-order valence-electron chi connectivity index (χ0n) is 11.5. The second kappa shape index (κ2) is 4.43. The van der Waals surface area contributed by atoms with Crippen LogP contribution in [0.2, 0.25) is 0 Å². The Morgan fingerprint density at radius 3 is 1.78 bits per heavy atom. The summed E-state index contributed by atoms with van der Waals surface area (Å²) in [5.41, 5.74) is 0.331. The molecule has 4 fully saturated rings. The molecule has 2 unspecified atom stereocenters. The molecule has 104 valence electrons. The largest absolute Gasteiger partial charge is 0.306 e.